The fraction of sp³-hybridized carbons (Fsp3) is 0.571. The highest BCUT2D eigenvalue weighted by atomic mass is 35.5. The quantitative estimate of drug-likeness (QED) is 0.846. The van der Waals surface area contributed by atoms with E-state index in [0.717, 1.165) is 6.26 Å². The molecule has 0 bridgehead atoms. The maximum atomic E-state index is 13.0. The molecule has 132 valence electrons. The van der Waals surface area contributed by atoms with Crippen LogP contribution >= 0.6 is 12.4 Å². The first-order valence-corrected chi connectivity index (χ1v) is 10.4. The third-order valence-electron chi connectivity index (χ3n) is 3.88. The Hall–Kier alpha value is -0.670. The zero-order valence-electron chi connectivity index (χ0n) is 13.7. The summed E-state index contributed by atoms with van der Waals surface area (Å²) in [6.07, 6.45) is 1.10. The average Bonchev–Trinajstić information content (AvgIpc) is 2.40. The number of benzene rings is 1. The van der Waals surface area contributed by atoms with Crippen LogP contribution in [0.3, 0.4) is 0 Å². The molecule has 1 N–H and O–H groups in total. The van der Waals surface area contributed by atoms with E-state index in [2.05, 4.69) is 5.32 Å². The average molecular weight is 383 g/mol. The van der Waals surface area contributed by atoms with E-state index in [1.807, 2.05) is 6.92 Å². The molecule has 1 heterocycles. The van der Waals surface area contributed by atoms with Crippen LogP contribution in [0.2, 0.25) is 0 Å². The summed E-state index contributed by atoms with van der Waals surface area (Å²) in [5, 5.41) is 3.15. The van der Waals surface area contributed by atoms with Crippen molar-refractivity contribution in [1.82, 2.24) is 9.62 Å². The zero-order valence-corrected chi connectivity index (χ0v) is 16.1. The number of hydrogen-bond donors (Lipinski definition) is 1. The van der Waals surface area contributed by atoms with Crippen molar-refractivity contribution in [2.24, 2.45) is 0 Å². The third-order valence-corrected chi connectivity index (χ3v) is 7.25. The number of nitrogens with one attached hydrogen (secondary N) is 1. The molecule has 0 aromatic heterocycles. The van der Waals surface area contributed by atoms with E-state index >= 15 is 0 Å². The predicted molar refractivity (Wildman–Crippen MR) is 92.5 cm³/mol. The summed E-state index contributed by atoms with van der Waals surface area (Å²) >= 11 is 0. The van der Waals surface area contributed by atoms with E-state index in [1.165, 1.54) is 10.4 Å². The molecule has 0 radical (unpaired) electrons. The Morgan fingerprint density at radius 3 is 2.22 bits per heavy atom. The Balaban J connectivity index is 0.00000264. The number of hydrogen-bond acceptors (Lipinski definition) is 5. The second-order valence-electron chi connectivity index (χ2n) is 5.83. The van der Waals surface area contributed by atoms with Crippen molar-refractivity contribution >= 4 is 32.3 Å². The van der Waals surface area contributed by atoms with Gasteiger partial charge in [-0.05, 0) is 44.0 Å². The Morgan fingerprint density at radius 1 is 1.13 bits per heavy atom. The minimum atomic E-state index is -3.72. The second-order valence-corrected chi connectivity index (χ2v) is 9.67. The van der Waals surface area contributed by atoms with Crippen molar-refractivity contribution in [2.45, 2.75) is 36.6 Å². The molecular weight excluding hydrogens is 360 g/mol. The second kappa shape index (κ2) is 7.06. The Bertz CT molecular complexity index is 791. The van der Waals surface area contributed by atoms with Crippen LogP contribution < -0.4 is 5.32 Å². The third kappa shape index (κ3) is 4.06. The first-order valence-electron chi connectivity index (χ1n) is 7.09. The van der Waals surface area contributed by atoms with E-state index in [-0.39, 0.29) is 28.2 Å². The first kappa shape index (κ1) is 20.4. The molecule has 0 aliphatic carbocycles. The predicted octanol–water partition coefficient (Wildman–Crippen LogP) is 1.11. The number of rotatable bonds is 3. The molecule has 0 spiro atoms. The molecule has 1 fully saturated rings. The monoisotopic (exact) mass is 382 g/mol. The van der Waals surface area contributed by atoms with Crippen LogP contribution in [-0.4, -0.2) is 53.1 Å². The molecule has 1 aromatic carbocycles. The van der Waals surface area contributed by atoms with Gasteiger partial charge in [0.1, 0.15) is 0 Å². The molecule has 0 saturated carbocycles. The molecule has 1 saturated heterocycles. The smallest absolute Gasteiger partial charge is 0.243 e. The molecule has 0 unspecified atom stereocenters. The Morgan fingerprint density at radius 2 is 1.70 bits per heavy atom. The summed E-state index contributed by atoms with van der Waals surface area (Å²) in [5.74, 6) is 0. The molecule has 1 aliphatic rings. The summed E-state index contributed by atoms with van der Waals surface area (Å²) < 4.78 is 51.2. The van der Waals surface area contributed by atoms with Gasteiger partial charge in [-0.3, -0.25) is 0 Å². The maximum absolute atomic E-state index is 13.0. The van der Waals surface area contributed by atoms with Gasteiger partial charge in [-0.1, -0.05) is 0 Å². The fourth-order valence-electron chi connectivity index (χ4n) is 2.75. The van der Waals surface area contributed by atoms with Crippen LogP contribution in [0.15, 0.2) is 21.9 Å². The van der Waals surface area contributed by atoms with Gasteiger partial charge in [0.15, 0.2) is 9.84 Å². The normalized spacial score (nSPS) is 20.1. The van der Waals surface area contributed by atoms with Gasteiger partial charge in [0.2, 0.25) is 10.0 Å². The van der Waals surface area contributed by atoms with Gasteiger partial charge in [0.05, 0.1) is 9.79 Å². The van der Waals surface area contributed by atoms with Crippen molar-refractivity contribution < 1.29 is 16.8 Å². The maximum Gasteiger partial charge on any atom is 0.243 e. The molecule has 1 aromatic rings. The lowest BCUT2D eigenvalue weighted by Gasteiger charge is -2.33. The van der Waals surface area contributed by atoms with Crippen LogP contribution in [0.4, 0.5) is 0 Å². The van der Waals surface area contributed by atoms with Crippen LogP contribution in [0.1, 0.15) is 18.1 Å². The minimum Gasteiger partial charge on any atom is -0.314 e. The van der Waals surface area contributed by atoms with Gasteiger partial charge in [-0.2, -0.15) is 4.31 Å². The fourth-order valence-corrected chi connectivity index (χ4v) is 5.85. The molecule has 23 heavy (non-hydrogen) atoms. The van der Waals surface area contributed by atoms with Gasteiger partial charge in [0.25, 0.3) is 0 Å². The van der Waals surface area contributed by atoms with E-state index in [0.29, 0.717) is 30.8 Å². The molecule has 9 heteroatoms. The molecule has 2 rings (SSSR count). The molecule has 6 nitrogen and oxygen atoms in total. The van der Waals surface area contributed by atoms with Crippen molar-refractivity contribution in [2.75, 3.05) is 25.9 Å². The van der Waals surface area contributed by atoms with E-state index in [1.54, 1.807) is 19.9 Å². The van der Waals surface area contributed by atoms with Crippen molar-refractivity contribution in [3.05, 3.63) is 23.3 Å². The van der Waals surface area contributed by atoms with Gasteiger partial charge in [0, 0.05) is 31.9 Å². The molecule has 0 amide bonds. The zero-order chi connectivity index (χ0) is 16.7. The lowest BCUT2D eigenvalue weighted by molar-refractivity contribution is 0.283. The SMILES string of the molecule is Cc1cc(S(C)(=O)=O)c(C)c(S(=O)(=O)N2CCNC[C@H]2C)c1.Cl. The summed E-state index contributed by atoms with van der Waals surface area (Å²) in [4.78, 5) is 0.163. The highest BCUT2D eigenvalue weighted by Gasteiger charge is 2.33. The topological polar surface area (TPSA) is 83.5 Å². The number of sulfonamides is 1. The first-order chi connectivity index (χ1) is 10.0. The van der Waals surface area contributed by atoms with Crippen molar-refractivity contribution in [3.63, 3.8) is 0 Å². The molecule has 1 aliphatic heterocycles. The number of halogens is 1. The highest BCUT2D eigenvalue weighted by Crippen LogP contribution is 2.28. The summed E-state index contributed by atoms with van der Waals surface area (Å²) in [6.45, 7) is 6.65. The summed E-state index contributed by atoms with van der Waals surface area (Å²) in [6, 6.07) is 2.90. The minimum absolute atomic E-state index is 0. The Labute approximate surface area is 144 Å². The lowest BCUT2D eigenvalue weighted by Crippen LogP contribution is -2.52. The summed E-state index contributed by atoms with van der Waals surface area (Å²) in [7, 11) is -7.20. The van der Waals surface area contributed by atoms with Crippen LogP contribution in [-0.2, 0) is 19.9 Å². The largest absolute Gasteiger partial charge is 0.314 e. The highest BCUT2D eigenvalue weighted by molar-refractivity contribution is 7.91. The number of sulfone groups is 1. The molecule has 1 atom stereocenters. The summed E-state index contributed by atoms with van der Waals surface area (Å²) in [5.41, 5.74) is 0.909. The number of piperazine rings is 1. The van der Waals surface area contributed by atoms with Gasteiger partial charge < -0.3 is 5.32 Å². The number of aryl methyl sites for hydroxylation is 1. The van der Waals surface area contributed by atoms with Gasteiger partial charge in [-0.15, -0.1) is 12.4 Å². The van der Waals surface area contributed by atoms with Crippen molar-refractivity contribution in [1.29, 1.82) is 0 Å². The lowest BCUT2D eigenvalue weighted by atomic mass is 10.2. The van der Waals surface area contributed by atoms with Gasteiger partial charge >= 0.3 is 0 Å². The van der Waals surface area contributed by atoms with Crippen LogP contribution in [0.5, 0.6) is 0 Å². The van der Waals surface area contributed by atoms with Crippen molar-refractivity contribution in [3.8, 4) is 0 Å². The van der Waals surface area contributed by atoms with E-state index < -0.39 is 19.9 Å². The van der Waals surface area contributed by atoms with Crippen LogP contribution in [0.25, 0.3) is 0 Å². The van der Waals surface area contributed by atoms with Gasteiger partial charge in [-0.25, -0.2) is 16.8 Å². The van der Waals surface area contributed by atoms with Crippen LogP contribution in [0, 0.1) is 13.8 Å². The van der Waals surface area contributed by atoms with E-state index in [9.17, 15) is 16.8 Å². The standard InChI is InChI=1S/C14H22N2O4S2.ClH/c1-10-7-13(21(4,17)18)12(3)14(8-10)22(19,20)16-6-5-15-9-11(16)2;/h7-8,11,15H,5-6,9H2,1-4H3;1H/t11-;/m1./s1. The molecular formula is C14H23ClN2O4S2. The van der Waals surface area contributed by atoms with E-state index in [4.69, 9.17) is 0 Å². The Kier molecular flexibility index (Phi) is 6.26. The number of nitrogens with zero attached hydrogens (tertiary/aromatic N) is 1.